The minimum Gasteiger partial charge on any atom is -0.0654 e. The van der Waals surface area contributed by atoms with Crippen molar-refractivity contribution in [2.75, 3.05) is 0 Å². The molecule has 0 N–H and O–H groups in total. The zero-order valence-electron chi connectivity index (χ0n) is 13.3. The van der Waals surface area contributed by atoms with Gasteiger partial charge < -0.3 is 0 Å². The smallest absolute Gasteiger partial charge is 0.0355 e. The molecule has 0 saturated heterocycles. The zero-order valence-corrected chi connectivity index (χ0v) is 13.3. The maximum absolute atomic E-state index is 2.61. The Hall–Kier alpha value is 0. The van der Waals surface area contributed by atoms with Crippen molar-refractivity contribution in [1.82, 2.24) is 0 Å². The molecule has 0 bridgehead atoms. The summed E-state index contributed by atoms with van der Waals surface area (Å²) in [6.07, 6.45) is 21.0. The van der Waals surface area contributed by atoms with Crippen LogP contribution in [0, 0.1) is 12.3 Å². The predicted octanol–water partition coefficient (Wildman–Crippen LogP) is 6.94. The van der Waals surface area contributed by atoms with Crippen molar-refractivity contribution in [1.29, 1.82) is 0 Å². The highest BCUT2D eigenvalue weighted by Crippen LogP contribution is 2.20. The maximum Gasteiger partial charge on any atom is -0.0355 e. The molecule has 0 rings (SSSR count). The van der Waals surface area contributed by atoms with Crippen molar-refractivity contribution in [3.05, 3.63) is 6.42 Å². The lowest BCUT2D eigenvalue weighted by Gasteiger charge is -2.14. The van der Waals surface area contributed by atoms with Crippen LogP contribution in [0.3, 0.4) is 0 Å². The molecule has 0 fully saturated rings. The standard InChI is InChI=1S/C18H37/c1-4-7-9-11-13-15-17-18(6-3)16-14-12-10-8-5-2/h16,18H,4-15,17H2,1-3H3. The minimum absolute atomic E-state index is 0.901. The molecule has 0 heteroatoms. The second kappa shape index (κ2) is 15.1. The van der Waals surface area contributed by atoms with Crippen LogP contribution in [0.15, 0.2) is 0 Å². The second-order valence-electron chi connectivity index (χ2n) is 5.81. The number of hydrogen-bond donors (Lipinski definition) is 0. The Morgan fingerprint density at radius 1 is 0.667 bits per heavy atom. The van der Waals surface area contributed by atoms with Gasteiger partial charge >= 0.3 is 0 Å². The summed E-state index contributed by atoms with van der Waals surface area (Å²) in [6, 6.07) is 0. The van der Waals surface area contributed by atoms with Gasteiger partial charge in [-0.15, -0.1) is 0 Å². The summed E-state index contributed by atoms with van der Waals surface area (Å²) >= 11 is 0. The van der Waals surface area contributed by atoms with Gasteiger partial charge in [0.2, 0.25) is 0 Å². The van der Waals surface area contributed by atoms with Gasteiger partial charge in [-0.05, 0) is 18.8 Å². The van der Waals surface area contributed by atoms with Gasteiger partial charge in [0.25, 0.3) is 0 Å². The van der Waals surface area contributed by atoms with E-state index in [1.54, 1.807) is 0 Å². The summed E-state index contributed by atoms with van der Waals surface area (Å²) in [5, 5.41) is 0. The third-order valence-corrected chi connectivity index (χ3v) is 4.01. The molecule has 0 nitrogen and oxygen atoms in total. The van der Waals surface area contributed by atoms with Crippen LogP contribution in [0.5, 0.6) is 0 Å². The molecule has 0 amide bonds. The van der Waals surface area contributed by atoms with E-state index in [0.29, 0.717) is 0 Å². The second-order valence-corrected chi connectivity index (χ2v) is 5.81. The van der Waals surface area contributed by atoms with Crippen LogP contribution < -0.4 is 0 Å². The highest BCUT2D eigenvalue weighted by atomic mass is 14.1. The predicted molar refractivity (Wildman–Crippen MR) is 84.8 cm³/mol. The van der Waals surface area contributed by atoms with Crippen molar-refractivity contribution in [2.24, 2.45) is 5.92 Å². The molecule has 18 heavy (non-hydrogen) atoms. The number of hydrogen-bond acceptors (Lipinski definition) is 0. The topological polar surface area (TPSA) is 0 Å². The van der Waals surface area contributed by atoms with Crippen LogP contribution in [0.2, 0.25) is 0 Å². The van der Waals surface area contributed by atoms with Crippen LogP contribution >= 0.6 is 0 Å². The van der Waals surface area contributed by atoms with Gasteiger partial charge in [0.1, 0.15) is 0 Å². The van der Waals surface area contributed by atoms with Crippen LogP contribution in [0.25, 0.3) is 0 Å². The molecule has 109 valence electrons. The Labute approximate surface area is 117 Å². The number of unbranched alkanes of at least 4 members (excludes halogenated alkanes) is 9. The molecule has 0 saturated carbocycles. The van der Waals surface area contributed by atoms with Crippen molar-refractivity contribution < 1.29 is 0 Å². The maximum atomic E-state index is 2.61. The Kier molecular flexibility index (Phi) is 15.1. The average Bonchev–Trinajstić information content (AvgIpc) is 2.40. The van der Waals surface area contributed by atoms with E-state index >= 15 is 0 Å². The lowest BCUT2D eigenvalue weighted by molar-refractivity contribution is 0.468. The van der Waals surface area contributed by atoms with Gasteiger partial charge in [-0.3, -0.25) is 0 Å². The lowest BCUT2D eigenvalue weighted by atomic mass is 9.92. The molecule has 0 aromatic heterocycles. The monoisotopic (exact) mass is 253 g/mol. The first-order valence-electron chi connectivity index (χ1n) is 8.68. The van der Waals surface area contributed by atoms with Crippen LogP contribution in [-0.2, 0) is 0 Å². The van der Waals surface area contributed by atoms with Crippen molar-refractivity contribution in [2.45, 2.75) is 104 Å². The summed E-state index contributed by atoms with van der Waals surface area (Å²) < 4.78 is 0. The average molecular weight is 253 g/mol. The third-order valence-electron chi connectivity index (χ3n) is 4.01. The molecule has 0 aliphatic carbocycles. The third kappa shape index (κ3) is 12.5. The van der Waals surface area contributed by atoms with Crippen molar-refractivity contribution >= 4 is 0 Å². The van der Waals surface area contributed by atoms with E-state index in [1.807, 2.05) is 0 Å². The fourth-order valence-corrected chi connectivity index (χ4v) is 2.60. The van der Waals surface area contributed by atoms with Crippen LogP contribution in [-0.4, -0.2) is 0 Å². The van der Waals surface area contributed by atoms with Gasteiger partial charge in [-0.1, -0.05) is 97.8 Å². The summed E-state index contributed by atoms with van der Waals surface area (Å²) in [7, 11) is 0. The molecular weight excluding hydrogens is 216 g/mol. The van der Waals surface area contributed by atoms with Crippen LogP contribution in [0.4, 0.5) is 0 Å². The molecule has 1 radical (unpaired) electrons. The van der Waals surface area contributed by atoms with Gasteiger partial charge in [0.05, 0.1) is 0 Å². The SMILES string of the molecule is CCCCCC[CH]C(CC)CCCCCCCC. The number of rotatable bonds is 14. The highest BCUT2D eigenvalue weighted by molar-refractivity contribution is 4.75. The first-order chi connectivity index (χ1) is 8.85. The molecule has 0 aromatic carbocycles. The first kappa shape index (κ1) is 18.0. The van der Waals surface area contributed by atoms with E-state index < -0.39 is 0 Å². The van der Waals surface area contributed by atoms with Crippen molar-refractivity contribution in [3.8, 4) is 0 Å². The quantitative estimate of drug-likeness (QED) is 0.294. The molecule has 0 spiro atoms. The molecule has 0 aromatic rings. The van der Waals surface area contributed by atoms with E-state index in [1.165, 1.54) is 83.5 Å². The Morgan fingerprint density at radius 3 is 1.83 bits per heavy atom. The van der Waals surface area contributed by atoms with Gasteiger partial charge in [-0.25, -0.2) is 0 Å². The largest absolute Gasteiger partial charge is 0.0654 e. The molecule has 0 aliphatic rings. The highest BCUT2D eigenvalue weighted by Gasteiger charge is 2.05. The Morgan fingerprint density at radius 2 is 1.22 bits per heavy atom. The Bertz CT molecular complexity index is 139. The summed E-state index contributed by atoms with van der Waals surface area (Å²) in [6.45, 7) is 6.93. The van der Waals surface area contributed by atoms with Crippen molar-refractivity contribution in [3.63, 3.8) is 0 Å². The molecule has 1 unspecified atom stereocenters. The molecule has 0 aliphatic heterocycles. The minimum atomic E-state index is 0.901. The summed E-state index contributed by atoms with van der Waals surface area (Å²) in [4.78, 5) is 0. The molecule has 1 atom stereocenters. The lowest BCUT2D eigenvalue weighted by Crippen LogP contribution is -2.00. The fourth-order valence-electron chi connectivity index (χ4n) is 2.60. The Balaban J connectivity index is 3.29. The summed E-state index contributed by atoms with van der Waals surface area (Å²) in [5.74, 6) is 0.901. The molecule has 0 heterocycles. The zero-order chi connectivity index (χ0) is 13.5. The normalized spacial score (nSPS) is 12.8. The van der Waals surface area contributed by atoms with E-state index in [0.717, 1.165) is 5.92 Å². The van der Waals surface area contributed by atoms with Crippen LogP contribution in [0.1, 0.15) is 104 Å². The fraction of sp³-hybridized carbons (Fsp3) is 0.944. The van der Waals surface area contributed by atoms with Gasteiger partial charge in [-0.2, -0.15) is 0 Å². The van der Waals surface area contributed by atoms with E-state index in [2.05, 4.69) is 27.2 Å². The first-order valence-corrected chi connectivity index (χ1v) is 8.68. The summed E-state index contributed by atoms with van der Waals surface area (Å²) in [5.41, 5.74) is 0. The van der Waals surface area contributed by atoms with E-state index in [-0.39, 0.29) is 0 Å². The van der Waals surface area contributed by atoms with Gasteiger partial charge in [0.15, 0.2) is 0 Å². The van der Waals surface area contributed by atoms with Gasteiger partial charge in [0, 0.05) is 0 Å². The molecular formula is C18H37. The van der Waals surface area contributed by atoms with E-state index in [9.17, 15) is 0 Å². The van der Waals surface area contributed by atoms with E-state index in [4.69, 9.17) is 0 Å².